The van der Waals surface area contributed by atoms with Gasteiger partial charge < -0.3 is 4.90 Å². The number of carbonyl (C=O) groups excluding carboxylic acids is 1. The molecule has 3 rings (SSSR count). The molecule has 0 aromatic heterocycles. The van der Waals surface area contributed by atoms with E-state index in [0.29, 0.717) is 10.6 Å². The molecular weight excluding hydrogens is 284 g/mol. The number of hydrogen-bond acceptors (Lipinski definition) is 3. The van der Waals surface area contributed by atoms with Gasteiger partial charge in [0.1, 0.15) is 0 Å². The van der Waals surface area contributed by atoms with Gasteiger partial charge in [0.2, 0.25) is 0 Å². The summed E-state index contributed by atoms with van der Waals surface area (Å²) < 4.78 is 0. The molecule has 4 heteroatoms. The molecule has 1 saturated heterocycles. The maximum atomic E-state index is 11.4. The molecule has 1 aliphatic heterocycles. The van der Waals surface area contributed by atoms with Crippen LogP contribution in [0.5, 0.6) is 0 Å². The number of piperazine rings is 1. The first-order valence-corrected chi connectivity index (χ1v) is 8.32. The fraction of sp³-hybridized carbons (Fsp3) is 0.588. The van der Waals surface area contributed by atoms with E-state index >= 15 is 0 Å². The Kier molecular flexibility index (Phi) is 4.51. The van der Waals surface area contributed by atoms with Crippen LogP contribution in [-0.2, 0) is 0 Å². The number of halogens is 1. The number of Topliss-reactive ketones (excluding diaryl/α,β-unsaturated/α-hetero) is 1. The number of ketones is 1. The lowest BCUT2D eigenvalue weighted by Gasteiger charge is -2.39. The number of nitrogens with zero attached hydrogens (tertiary/aromatic N) is 2. The molecule has 1 saturated carbocycles. The molecule has 0 amide bonds. The van der Waals surface area contributed by atoms with Crippen LogP contribution in [0.3, 0.4) is 0 Å². The normalized spacial score (nSPS) is 21.0. The van der Waals surface area contributed by atoms with Gasteiger partial charge in [-0.15, -0.1) is 0 Å². The van der Waals surface area contributed by atoms with Gasteiger partial charge in [-0.1, -0.05) is 24.4 Å². The number of anilines is 1. The van der Waals surface area contributed by atoms with Crippen LogP contribution >= 0.6 is 11.6 Å². The molecule has 1 aromatic carbocycles. The lowest BCUT2D eigenvalue weighted by atomic mass is 10.1. The van der Waals surface area contributed by atoms with Crippen molar-refractivity contribution >= 4 is 23.1 Å². The van der Waals surface area contributed by atoms with Crippen molar-refractivity contribution in [2.75, 3.05) is 31.1 Å². The van der Waals surface area contributed by atoms with Gasteiger partial charge >= 0.3 is 0 Å². The van der Waals surface area contributed by atoms with E-state index in [9.17, 15) is 4.79 Å². The minimum absolute atomic E-state index is 0.0644. The first-order chi connectivity index (χ1) is 10.1. The van der Waals surface area contributed by atoms with E-state index in [0.717, 1.165) is 37.9 Å². The summed E-state index contributed by atoms with van der Waals surface area (Å²) in [5, 5.41) is 0.692. The third-order valence-electron chi connectivity index (χ3n) is 4.85. The molecule has 0 atom stereocenters. The molecular formula is C17H23ClN2O. The van der Waals surface area contributed by atoms with Crippen molar-refractivity contribution in [1.82, 2.24) is 4.90 Å². The number of hydrogen-bond donors (Lipinski definition) is 0. The van der Waals surface area contributed by atoms with Crippen LogP contribution in [0, 0.1) is 0 Å². The highest BCUT2D eigenvalue weighted by atomic mass is 35.5. The van der Waals surface area contributed by atoms with E-state index in [2.05, 4.69) is 9.80 Å². The Morgan fingerprint density at radius 1 is 1.14 bits per heavy atom. The highest BCUT2D eigenvalue weighted by Gasteiger charge is 2.26. The van der Waals surface area contributed by atoms with E-state index in [1.165, 1.54) is 25.7 Å². The summed E-state index contributed by atoms with van der Waals surface area (Å²) in [6, 6.07) is 6.47. The zero-order valence-corrected chi connectivity index (χ0v) is 13.4. The molecule has 0 unspecified atom stereocenters. The average Bonchev–Trinajstić information content (AvgIpc) is 3.01. The molecule has 0 bridgehead atoms. The molecule has 21 heavy (non-hydrogen) atoms. The zero-order chi connectivity index (χ0) is 14.8. The summed E-state index contributed by atoms with van der Waals surface area (Å²) in [5.41, 5.74) is 1.75. The van der Waals surface area contributed by atoms with E-state index in [1.54, 1.807) is 13.0 Å². The van der Waals surface area contributed by atoms with Crippen molar-refractivity contribution in [3.05, 3.63) is 28.8 Å². The summed E-state index contributed by atoms with van der Waals surface area (Å²) in [7, 11) is 0. The van der Waals surface area contributed by atoms with E-state index in [1.807, 2.05) is 12.1 Å². The molecule has 3 nitrogen and oxygen atoms in total. The maximum absolute atomic E-state index is 11.4. The van der Waals surface area contributed by atoms with E-state index in [4.69, 9.17) is 11.6 Å². The Bertz CT molecular complexity index is 518. The summed E-state index contributed by atoms with van der Waals surface area (Å²) >= 11 is 6.36. The molecule has 2 fully saturated rings. The molecule has 0 radical (unpaired) electrons. The number of benzene rings is 1. The molecule has 1 heterocycles. The lowest BCUT2D eigenvalue weighted by Crippen LogP contribution is -2.49. The average molecular weight is 307 g/mol. The zero-order valence-electron chi connectivity index (χ0n) is 12.6. The third kappa shape index (κ3) is 3.24. The quantitative estimate of drug-likeness (QED) is 0.797. The molecule has 1 aromatic rings. The highest BCUT2D eigenvalue weighted by Crippen LogP contribution is 2.30. The first kappa shape index (κ1) is 14.9. The van der Waals surface area contributed by atoms with Crippen molar-refractivity contribution in [3.8, 4) is 0 Å². The van der Waals surface area contributed by atoms with Gasteiger partial charge in [0.25, 0.3) is 0 Å². The van der Waals surface area contributed by atoms with Crippen LogP contribution in [-0.4, -0.2) is 42.9 Å². The van der Waals surface area contributed by atoms with Crippen molar-refractivity contribution in [2.45, 2.75) is 38.6 Å². The Morgan fingerprint density at radius 3 is 2.38 bits per heavy atom. The molecule has 2 aliphatic rings. The van der Waals surface area contributed by atoms with Crippen LogP contribution in [0.15, 0.2) is 18.2 Å². The van der Waals surface area contributed by atoms with Gasteiger partial charge in [-0.2, -0.15) is 0 Å². The van der Waals surface area contributed by atoms with E-state index in [-0.39, 0.29) is 5.78 Å². The highest BCUT2D eigenvalue weighted by molar-refractivity contribution is 6.33. The lowest BCUT2D eigenvalue weighted by molar-refractivity contribution is 0.101. The SMILES string of the molecule is CC(=O)c1ccc(N2CCN(C3CCCC3)CC2)c(Cl)c1. The Labute approximate surface area is 131 Å². The topological polar surface area (TPSA) is 23.6 Å². The number of carbonyl (C=O) groups is 1. The van der Waals surface area contributed by atoms with Crippen LogP contribution in [0.25, 0.3) is 0 Å². The van der Waals surface area contributed by atoms with Gasteiger partial charge in [0.15, 0.2) is 5.78 Å². The van der Waals surface area contributed by atoms with Gasteiger partial charge in [-0.05, 0) is 38.0 Å². The second kappa shape index (κ2) is 6.37. The summed E-state index contributed by atoms with van der Waals surface area (Å²) in [4.78, 5) is 16.4. The van der Waals surface area contributed by atoms with Crippen LogP contribution in [0.2, 0.25) is 5.02 Å². The fourth-order valence-corrected chi connectivity index (χ4v) is 3.88. The van der Waals surface area contributed by atoms with Gasteiger partial charge in [-0.3, -0.25) is 9.69 Å². The molecule has 0 spiro atoms. The Balaban J connectivity index is 1.65. The van der Waals surface area contributed by atoms with Gasteiger partial charge in [0.05, 0.1) is 10.7 Å². The van der Waals surface area contributed by atoms with Crippen molar-refractivity contribution < 1.29 is 4.79 Å². The first-order valence-electron chi connectivity index (χ1n) is 7.94. The van der Waals surface area contributed by atoms with Gasteiger partial charge in [-0.25, -0.2) is 0 Å². The van der Waals surface area contributed by atoms with Crippen molar-refractivity contribution in [3.63, 3.8) is 0 Å². The monoisotopic (exact) mass is 306 g/mol. The number of rotatable bonds is 3. The predicted octanol–water partition coefficient (Wildman–Crippen LogP) is 3.61. The Hall–Kier alpha value is -1.06. The van der Waals surface area contributed by atoms with E-state index < -0.39 is 0 Å². The predicted molar refractivity (Wildman–Crippen MR) is 87.5 cm³/mol. The summed E-state index contributed by atoms with van der Waals surface area (Å²) in [6.07, 6.45) is 5.52. The smallest absolute Gasteiger partial charge is 0.159 e. The second-order valence-corrected chi connectivity index (χ2v) is 6.59. The standard InChI is InChI=1S/C17H23ClN2O/c1-13(21)14-6-7-17(16(18)12-14)20-10-8-19(9-11-20)15-4-2-3-5-15/h6-7,12,15H,2-5,8-11H2,1H3. The third-order valence-corrected chi connectivity index (χ3v) is 5.15. The largest absolute Gasteiger partial charge is 0.368 e. The summed E-state index contributed by atoms with van der Waals surface area (Å²) in [5.74, 6) is 0.0644. The van der Waals surface area contributed by atoms with Crippen molar-refractivity contribution in [1.29, 1.82) is 0 Å². The van der Waals surface area contributed by atoms with Crippen LogP contribution in [0.1, 0.15) is 43.0 Å². The second-order valence-electron chi connectivity index (χ2n) is 6.18. The molecule has 114 valence electrons. The maximum Gasteiger partial charge on any atom is 0.159 e. The Morgan fingerprint density at radius 2 is 1.81 bits per heavy atom. The molecule has 1 aliphatic carbocycles. The minimum atomic E-state index is 0.0644. The van der Waals surface area contributed by atoms with Crippen LogP contribution in [0.4, 0.5) is 5.69 Å². The van der Waals surface area contributed by atoms with Gasteiger partial charge in [0, 0.05) is 37.8 Å². The van der Waals surface area contributed by atoms with Crippen molar-refractivity contribution in [2.24, 2.45) is 0 Å². The van der Waals surface area contributed by atoms with Crippen LogP contribution < -0.4 is 4.90 Å². The summed E-state index contributed by atoms with van der Waals surface area (Å²) in [6.45, 7) is 5.86. The minimum Gasteiger partial charge on any atom is -0.368 e. The molecule has 0 N–H and O–H groups in total. The fourth-order valence-electron chi connectivity index (χ4n) is 3.58.